The average molecular weight is 357 g/mol. The lowest BCUT2D eigenvalue weighted by atomic mass is 10.1. The van der Waals surface area contributed by atoms with E-state index in [9.17, 15) is 4.79 Å². The average Bonchev–Trinajstić information content (AvgIpc) is 2.73. The van der Waals surface area contributed by atoms with Crippen LogP contribution in [-0.2, 0) is 6.42 Å². The van der Waals surface area contributed by atoms with Crippen LogP contribution in [0.2, 0.25) is 0 Å². The van der Waals surface area contributed by atoms with Crippen LogP contribution in [-0.4, -0.2) is 29.5 Å². The summed E-state index contributed by atoms with van der Waals surface area (Å²) in [4.78, 5) is 22.8. The van der Waals surface area contributed by atoms with Crippen LogP contribution in [0.25, 0.3) is 0 Å². The molecule has 0 aliphatic heterocycles. The maximum Gasteiger partial charge on any atom is 0.257 e. The first kappa shape index (κ1) is 18.1. The first-order chi connectivity index (χ1) is 13.2. The Balaban J connectivity index is 1.69. The molecule has 0 atom stereocenters. The van der Waals surface area contributed by atoms with Crippen molar-refractivity contribution in [3.05, 3.63) is 83.9 Å². The van der Waals surface area contributed by atoms with Gasteiger partial charge in [0.1, 0.15) is 6.07 Å². The Kier molecular flexibility index (Phi) is 5.75. The summed E-state index contributed by atoms with van der Waals surface area (Å²) >= 11 is 0. The van der Waals surface area contributed by atoms with E-state index in [1.54, 1.807) is 48.9 Å². The zero-order valence-electron chi connectivity index (χ0n) is 15.0. The molecule has 3 rings (SSSR count). The molecule has 0 spiro atoms. The summed E-state index contributed by atoms with van der Waals surface area (Å²) in [7, 11) is 1.96. The van der Waals surface area contributed by atoms with Crippen LogP contribution in [0, 0.1) is 11.3 Å². The molecule has 0 saturated heterocycles. The molecule has 0 aliphatic rings. The minimum Gasteiger partial charge on any atom is -0.373 e. The van der Waals surface area contributed by atoms with Crippen molar-refractivity contribution in [2.75, 3.05) is 23.8 Å². The summed E-state index contributed by atoms with van der Waals surface area (Å²) < 4.78 is 0. The van der Waals surface area contributed by atoms with Crippen molar-refractivity contribution in [3.8, 4) is 6.07 Å². The number of anilines is 2. The quantitative estimate of drug-likeness (QED) is 0.732. The second kappa shape index (κ2) is 8.59. The summed E-state index contributed by atoms with van der Waals surface area (Å²) in [5.41, 5.74) is 3.40. The van der Waals surface area contributed by atoms with Crippen LogP contribution in [0.15, 0.2) is 67.3 Å². The molecule has 2 heterocycles. The van der Waals surface area contributed by atoms with E-state index in [1.807, 2.05) is 24.1 Å². The molecule has 2 aromatic heterocycles. The molecule has 0 bridgehead atoms. The van der Waals surface area contributed by atoms with Gasteiger partial charge in [-0.15, -0.1) is 0 Å². The molecule has 134 valence electrons. The zero-order valence-corrected chi connectivity index (χ0v) is 15.0. The largest absolute Gasteiger partial charge is 0.373 e. The van der Waals surface area contributed by atoms with Crippen LogP contribution in [0.4, 0.5) is 11.4 Å². The third-order valence-electron chi connectivity index (χ3n) is 4.21. The number of hydrogen-bond acceptors (Lipinski definition) is 5. The molecule has 1 N–H and O–H groups in total. The van der Waals surface area contributed by atoms with E-state index < -0.39 is 0 Å². The Morgan fingerprint density at radius 3 is 2.70 bits per heavy atom. The molecule has 3 aromatic rings. The number of benzene rings is 1. The number of para-hydroxylation sites is 1. The van der Waals surface area contributed by atoms with E-state index in [0.29, 0.717) is 16.8 Å². The van der Waals surface area contributed by atoms with Gasteiger partial charge in [0.2, 0.25) is 0 Å². The predicted molar refractivity (Wildman–Crippen MR) is 105 cm³/mol. The van der Waals surface area contributed by atoms with Crippen molar-refractivity contribution in [1.82, 2.24) is 9.97 Å². The van der Waals surface area contributed by atoms with Crippen molar-refractivity contribution in [2.24, 2.45) is 0 Å². The highest BCUT2D eigenvalue weighted by atomic mass is 16.1. The number of pyridine rings is 2. The fourth-order valence-corrected chi connectivity index (χ4v) is 2.62. The zero-order chi connectivity index (χ0) is 19.1. The maximum absolute atomic E-state index is 12.6. The highest BCUT2D eigenvalue weighted by molar-refractivity contribution is 6.05. The van der Waals surface area contributed by atoms with Gasteiger partial charge in [-0.3, -0.25) is 14.8 Å². The Hall–Kier alpha value is -3.72. The Morgan fingerprint density at radius 1 is 1.15 bits per heavy atom. The minimum atomic E-state index is -0.297. The topological polar surface area (TPSA) is 81.9 Å². The second-order valence-corrected chi connectivity index (χ2v) is 6.07. The van der Waals surface area contributed by atoms with E-state index in [1.165, 1.54) is 11.8 Å². The van der Waals surface area contributed by atoms with Gasteiger partial charge in [0.15, 0.2) is 0 Å². The summed E-state index contributed by atoms with van der Waals surface area (Å²) in [6, 6.07) is 14.7. The minimum absolute atomic E-state index is 0.297. The number of carbonyl (C=O) groups is 1. The monoisotopic (exact) mass is 357 g/mol. The number of aromatic nitrogens is 2. The molecular formula is C21H19N5O. The van der Waals surface area contributed by atoms with Crippen LogP contribution in [0.5, 0.6) is 0 Å². The molecule has 6 heteroatoms. The van der Waals surface area contributed by atoms with Crippen LogP contribution < -0.4 is 10.2 Å². The van der Waals surface area contributed by atoms with Gasteiger partial charge < -0.3 is 10.2 Å². The smallest absolute Gasteiger partial charge is 0.257 e. The fourth-order valence-electron chi connectivity index (χ4n) is 2.62. The lowest BCUT2D eigenvalue weighted by molar-refractivity contribution is 0.102. The first-order valence-electron chi connectivity index (χ1n) is 8.53. The molecule has 0 saturated carbocycles. The van der Waals surface area contributed by atoms with Crippen molar-refractivity contribution < 1.29 is 4.79 Å². The standard InChI is InChI=1S/C21H19N5O/c1-26(11-8-16-6-9-23-10-7-16)19-12-18(14-24-15-19)21(27)25-20-5-3-2-4-17(20)13-22/h2-7,9-10,12,14-15H,8,11H2,1H3,(H,25,27). The number of nitriles is 1. The Bertz CT molecular complexity index is 966. The lowest BCUT2D eigenvalue weighted by Gasteiger charge is -2.19. The summed E-state index contributed by atoms with van der Waals surface area (Å²) in [6.45, 7) is 0.786. The van der Waals surface area contributed by atoms with Crippen molar-refractivity contribution in [2.45, 2.75) is 6.42 Å². The van der Waals surface area contributed by atoms with Gasteiger partial charge >= 0.3 is 0 Å². The van der Waals surface area contributed by atoms with Gasteiger partial charge in [-0.05, 0) is 42.3 Å². The van der Waals surface area contributed by atoms with E-state index in [-0.39, 0.29) is 5.91 Å². The highest BCUT2D eigenvalue weighted by Crippen LogP contribution is 2.17. The predicted octanol–water partition coefficient (Wildman–Crippen LogP) is 3.28. The number of hydrogen-bond donors (Lipinski definition) is 1. The van der Waals surface area contributed by atoms with Gasteiger partial charge in [0, 0.05) is 32.2 Å². The van der Waals surface area contributed by atoms with Crippen LogP contribution >= 0.6 is 0 Å². The summed E-state index contributed by atoms with van der Waals surface area (Å²) in [5.74, 6) is -0.297. The maximum atomic E-state index is 12.6. The highest BCUT2D eigenvalue weighted by Gasteiger charge is 2.11. The third-order valence-corrected chi connectivity index (χ3v) is 4.21. The van der Waals surface area contributed by atoms with Gasteiger partial charge in [-0.1, -0.05) is 12.1 Å². The van der Waals surface area contributed by atoms with E-state index in [2.05, 4.69) is 21.4 Å². The lowest BCUT2D eigenvalue weighted by Crippen LogP contribution is -2.21. The third kappa shape index (κ3) is 4.67. The number of nitrogens with one attached hydrogen (secondary N) is 1. The van der Waals surface area contributed by atoms with Gasteiger partial charge in [-0.2, -0.15) is 5.26 Å². The summed E-state index contributed by atoms with van der Waals surface area (Å²) in [5, 5.41) is 11.9. The van der Waals surface area contributed by atoms with Crippen molar-refractivity contribution in [1.29, 1.82) is 5.26 Å². The second-order valence-electron chi connectivity index (χ2n) is 6.07. The molecule has 27 heavy (non-hydrogen) atoms. The molecule has 0 fully saturated rings. The van der Waals surface area contributed by atoms with Crippen LogP contribution in [0.3, 0.4) is 0 Å². The number of carbonyl (C=O) groups excluding carboxylic acids is 1. The van der Waals surface area contributed by atoms with Gasteiger partial charge in [0.05, 0.1) is 28.7 Å². The molecular weight excluding hydrogens is 338 g/mol. The number of nitrogens with zero attached hydrogens (tertiary/aromatic N) is 4. The number of likely N-dealkylation sites (N-methyl/N-ethyl adjacent to an activating group) is 1. The van der Waals surface area contributed by atoms with E-state index in [4.69, 9.17) is 5.26 Å². The van der Waals surface area contributed by atoms with Crippen molar-refractivity contribution >= 4 is 17.3 Å². The molecule has 6 nitrogen and oxygen atoms in total. The summed E-state index contributed by atoms with van der Waals surface area (Å²) in [6.07, 6.45) is 7.67. The van der Waals surface area contributed by atoms with Gasteiger partial charge in [0.25, 0.3) is 5.91 Å². The fraction of sp³-hybridized carbons (Fsp3) is 0.143. The molecule has 0 unspecified atom stereocenters. The molecule has 1 amide bonds. The SMILES string of the molecule is CN(CCc1ccncc1)c1cncc(C(=O)Nc2ccccc2C#N)c1. The Morgan fingerprint density at radius 2 is 1.93 bits per heavy atom. The van der Waals surface area contributed by atoms with Gasteiger partial charge in [-0.25, -0.2) is 0 Å². The molecule has 0 aliphatic carbocycles. The Labute approximate surface area is 158 Å². The first-order valence-corrected chi connectivity index (χ1v) is 8.53. The molecule has 1 aromatic carbocycles. The number of rotatable bonds is 6. The normalized spacial score (nSPS) is 10.1. The van der Waals surface area contributed by atoms with Crippen LogP contribution in [0.1, 0.15) is 21.5 Å². The van der Waals surface area contributed by atoms with E-state index in [0.717, 1.165) is 18.7 Å². The van der Waals surface area contributed by atoms with Crippen molar-refractivity contribution in [3.63, 3.8) is 0 Å². The molecule has 0 radical (unpaired) electrons. The number of amides is 1. The van der Waals surface area contributed by atoms with E-state index >= 15 is 0 Å².